The largest absolute Gasteiger partial charge is 0.336 e. The molecule has 2 heterocycles. The molecule has 1 amide bonds. The highest BCUT2D eigenvalue weighted by molar-refractivity contribution is 9.10. The molecule has 4 aromatic rings. The van der Waals surface area contributed by atoms with Crippen molar-refractivity contribution < 1.29 is 4.79 Å². The number of amides is 1. The van der Waals surface area contributed by atoms with Crippen LogP contribution in [0.4, 0.5) is 0 Å². The van der Waals surface area contributed by atoms with Crippen molar-refractivity contribution in [3.63, 3.8) is 0 Å². The van der Waals surface area contributed by atoms with E-state index in [0.717, 1.165) is 59.4 Å². The molecule has 1 aromatic heterocycles. The maximum Gasteiger partial charge on any atom is 0.254 e. The second-order valence-corrected chi connectivity index (χ2v) is 12.0. The van der Waals surface area contributed by atoms with Gasteiger partial charge in [-0.15, -0.1) is 0 Å². The third-order valence-corrected chi connectivity index (χ3v) is 7.73. The van der Waals surface area contributed by atoms with Crippen LogP contribution in [-0.2, 0) is 12.0 Å². The van der Waals surface area contributed by atoms with Gasteiger partial charge in [0, 0.05) is 48.1 Å². The number of hydrogen-bond donors (Lipinski definition) is 0. The van der Waals surface area contributed by atoms with Crippen LogP contribution >= 0.6 is 15.9 Å². The third kappa shape index (κ3) is 5.78. The first kappa shape index (κ1) is 25.6. The molecule has 1 fully saturated rings. The number of aromatic nitrogens is 1. The Balaban J connectivity index is 1.34. The van der Waals surface area contributed by atoms with Crippen molar-refractivity contribution in [3.05, 3.63) is 99.5 Å². The van der Waals surface area contributed by atoms with Gasteiger partial charge in [-0.1, -0.05) is 90.8 Å². The van der Waals surface area contributed by atoms with Gasteiger partial charge in [0.1, 0.15) is 0 Å². The molecule has 0 aliphatic carbocycles. The van der Waals surface area contributed by atoms with Gasteiger partial charge in [0.25, 0.3) is 5.91 Å². The summed E-state index contributed by atoms with van der Waals surface area (Å²) in [7, 11) is 0. The van der Waals surface area contributed by atoms with Crippen molar-refractivity contribution in [2.45, 2.75) is 39.7 Å². The number of fused-ring (bicyclic) bond motifs is 1. The van der Waals surface area contributed by atoms with Crippen LogP contribution in [0.15, 0.2) is 77.3 Å². The second-order valence-electron chi connectivity index (χ2n) is 11.1. The summed E-state index contributed by atoms with van der Waals surface area (Å²) in [6.45, 7) is 12.9. The Hall–Kier alpha value is -3.02. The van der Waals surface area contributed by atoms with Gasteiger partial charge in [0.15, 0.2) is 0 Å². The summed E-state index contributed by atoms with van der Waals surface area (Å²) in [6.07, 6.45) is 0. The average Bonchev–Trinajstić information content (AvgIpc) is 2.88. The minimum atomic E-state index is 0.0769. The summed E-state index contributed by atoms with van der Waals surface area (Å²) in [5.74, 6) is 0.0769. The molecule has 3 aromatic carbocycles. The van der Waals surface area contributed by atoms with Crippen LogP contribution in [0.5, 0.6) is 0 Å². The normalized spacial score (nSPS) is 14.8. The number of hydrogen-bond acceptors (Lipinski definition) is 3. The molecule has 0 spiro atoms. The zero-order valence-electron chi connectivity index (χ0n) is 22.1. The first-order valence-corrected chi connectivity index (χ1v) is 13.7. The Morgan fingerprint density at radius 3 is 2.22 bits per heavy atom. The molecule has 1 aliphatic rings. The molecule has 1 aliphatic heterocycles. The molecular formula is C32H34BrN3O. The zero-order valence-corrected chi connectivity index (χ0v) is 23.7. The number of aryl methyl sites for hydroxylation is 1. The fourth-order valence-corrected chi connectivity index (χ4v) is 5.26. The zero-order chi connectivity index (χ0) is 26.2. The van der Waals surface area contributed by atoms with Crippen molar-refractivity contribution in [2.24, 2.45) is 0 Å². The second kappa shape index (κ2) is 10.4. The maximum atomic E-state index is 13.8. The van der Waals surface area contributed by atoms with Crippen LogP contribution < -0.4 is 0 Å². The van der Waals surface area contributed by atoms with E-state index in [2.05, 4.69) is 97.1 Å². The Kier molecular flexibility index (Phi) is 7.19. The van der Waals surface area contributed by atoms with Crippen LogP contribution in [0.3, 0.4) is 0 Å². The van der Waals surface area contributed by atoms with E-state index in [-0.39, 0.29) is 11.3 Å². The molecule has 190 valence electrons. The number of nitrogens with zero attached hydrogens (tertiary/aromatic N) is 3. The molecule has 0 saturated carbocycles. The van der Waals surface area contributed by atoms with Crippen LogP contribution in [0.25, 0.3) is 22.2 Å². The fourth-order valence-electron chi connectivity index (χ4n) is 4.89. The number of carbonyl (C=O) groups excluding carboxylic acids is 1. The van der Waals surface area contributed by atoms with Crippen LogP contribution in [-0.4, -0.2) is 46.9 Å². The molecule has 4 nitrogen and oxygen atoms in total. The summed E-state index contributed by atoms with van der Waals surface area (Å²) >= 11 is 3.58. The molecule has 0 bridgehead atoms. The van der Waals surface area contributed by atoms with E-state index in [0.29, 0.717) is 5.56 Å². The quantitative estimate of drug-likeness (QED) is 0.266. The maximum absolute atomic E-state index is 13.8. The number of benzene rings is 3. The molecule has 5 heteroatoms. The van der Waals surface area contributed by atoms with Crippen molar-refractivity contribution in [2.75, 3.05) is 26.2 Å². The van der Waals surface area contributed by atoms with Gasteiger partial charge in [0.2, 0.25) is 0 Å². The standard InChI is InChI=1S/C32H34BrN3O/c1-22-5-9-24(10-6-22)30-20-28(27-19-26(33)13-14-29(27)34-30)31(37)36-17-15-35(16-18-36)21-23-7-11-25(12-8-23)32(2,3)4/h5-14,19-20H,15-18,21H2,1-4H3. The molecule has 0 atom stereocenters. The predicted octanol–water partition coefficient (Wildman–Crippen LogP) is 7.23. The van der Waals surface area contributed by atoms with Gasteiger partial charge >= 0.3 is 0 Å². The summed E-state index contributed by atoms with van der Waals surface area (Å²) in [5, 5.41) is 0.886. The topological polar surface area (TPSA) is 36.4 Å². The lowest BCUT2D eigenvalue weighted by molar-refractivity contribution is 0.0630. The van der Waals surface area contributed by atoms with E-state index < -0.39 is 0 Å². The lowest BCUT2D eigenvalue weighted by Gasteiger charge is -2.35. The molecule has 5 rings (SSSR count). The van der Waals surface area contributed by atoms with E-state index in [4.69, 9.17) is 4.98 Å². The predicted molar refractivity (Wildman–Crippen MR) is 156 cm³/mol. The molecule has 0 radical (unpaired) electrons. The monoisotopic (exact) mass is 555 g/mol. The smallest absolute Gasteiger partial charge is 0.254 e. The molecule has 0 unspecified atom stereocenters. The van der Waals surface area contributed by atoms with Crippen LogP contribution in [0.1, 0.15) is 47.8 Å². The van der Waals surface area contributed by atoms with Crippen molar-refractivity contribution in [3.8, 4) is 11.3 Å². The summed E-state index contributed by atoms with van der Waals surface area (Å²) < 4.78 is 0.946. The highest BCUT2D eigenvalue weighted by Crippen LogP contribution is 2.29. The Morgan fingerprint density at radius 1 is 0.892 bits per heavy atom. The van der Waals surface area contributed by atoms with Gasteiger partial charge in [-0.05, 0) is 47.7 Å². The molecule has 0 N–H and O–H groups in total. The fraction of sp³-hybridized carbons (Fsp3) is 0.312. The van der Waals surface area contributed by atoms with Crippen LogP contribution in [0.2, 0.25) is 0 Å². The Labute approximate surface area is 228 Å². The number of piperazine rings is 1. The SMILES string of the molecule is Cc1ccc(-c2cc(C(=O)N3CCN(Cc4ccc(C(C)(C)C)cc4)CC3)c3cc(Br)ccc3n2)cc1. The molecule has 1 saturated heterocycles. The van der Waals surface area contributed by atoms with E-state index in [1.807, 2.05) is 29.2 Å². The summed E-state index contributed by atoms with van der Waals surface area (Å²) in [4.78, 5) is 23.1. The number of pyridine rings is 1. The minimum absolute atomic E-state index is 0.0769. The lowest BCUT2D eigenvalue weighted by atomic mass is 9.87. The first-order chi connectivity index (χ1) is 17.7. The highest BCUT2D eigenvalue weighted by atomic mass is 79.9. The van der Waals surface area contributed by atoms with Crippen molar-refractivity contribution in [1.82, 2.24) is 14.8 Å². The summed E-state index contributed by atoms with van der Waals surface area (Å²) in [6, 6.07) is 25.2. The number of halogens is 1. The van der Waals surface area contributed by atoms with E-state index in [1.54, 1.807) is 0 Å². The third-order valence-electron chi connectivity index (χ3n) is 7.23. The van der Waals surface area contributed by atoms with Gasteiger partial charge in [0.05, 0.1) is 16.8 Å². The van der Waals surface area contributed by atoms with E-state index in [1.165, 1.54) is 16.7 Å². The van der Waals surface area contributed by atoms with E-state index >= 15 is 0 Å². The Morgan fingerprint density at radius 2 is 1.57 bits per heavy atom. The van der Waals surface area contributed by atoms with Gasteiger partial charge in [-0.25, -0.2) is 4.98 Å². The highest BCUT2D eigenvalue weighted by Gasteiger charge is 2.25. The van der Waals surface area contributed by atoms with Gasteiger partial charge < -0.3 is 4.90 Å². The lowest BCUT2D eigenvalue weighted by Crippen LogP contribution is -2.48. The van der Waals surface area contributed by atoms with Crippen LogP contribution in [0, 0.1) is 6.92 Å². The van der Waals surface area contributed by atoms with E-state index in [9.17, 15) is 4.79 Å². The van der Waals surface area contributed by atoms with Gasteiger partial charge in [-0.3, -0.25) is 9.69 Å². The number of carbonyl (C=O) groups is 1. The average molecular weight is 557 g/mol. The summed E-state index contributed by atoms with van der Waals surface area (Å²) in [5.41, 5.74) is 7.44. The Bertz CT molecular complexity index is 1410. The number of rotatable bonds is 4. The van der Waals surface area contributed by atoms with Crippen molar-refractivity contribution in [1.29, 1.82) is 0 Å². The minimum Gasteiger partial charge on any atom is -0.336 e. The first-order valence-electron chi connectivity index (χ1n) is 13.0. The van der Waals surface area contributed by atoms with Gasteiger partial charge in [-0.2, -0.15) is 0 Å². The van der Waals surface area contributed by atoms with Crippen molar-refractivity contribution >= 4 is 32.7 Å². The molecular weight excluding hydrogens is 522 g/mol. The molecule has 37 heavy (non-hydrogen) atoms.